The van der Waals surface area contributed by atoms with E-state index < -0.39 is 0 Å². The lowest BCUT2D eigenvalue weighted by molar-refractivity contribution is 0.0949. The minimum Gasteiger partial charge on any atom is -0.351 e. The Morgan fingerprint density at radius 3 is 2.08 bits per heavy atom. The van der Waals surface area contributed by atoms with E-state index in [2.05, 4.69) is 35.9 Å². The van der Waals surface area contributed by atoms with Crippen molar-refractivity contribution in [1.29, 1.82) is 0 Å². The molecule has 1 amide bonds. The molecule has 3 heteroatoms. The summed E-state index contributed by atoms with van der Waals surface area (Å²) in [5.74, 6) is 6.19. The van der Waals surface area contributed by atoms with E-state index in [4.69, 9.17) is 0 Å². The average Bonchev–Trinajstić information content (AvgIpc) is 2.64. The molecule has 0 aromatic heterocycles. The second-order valence-corrected chi connectivity index (χ2v) is 5.48. The van der Waals surface area contributed by atoms with Crippen LogP contribution in [0.5, 0.6) is 0 Å². The van der Waals surface area contributed by atoms with Crippen molar-refractivity contribution in [3.05, 3.63) is 71.3 Å². The third-order valence-electron chi connectivity index (χ3n) is 3.88. The standard InChI is InChI=1S/C21H24N2O/c1-3-23(4-2)17-16-22-21(24)20-14-12-19(13-15-20)11-10-18-8-6-5-7-9-18/h5-9,12-15H,3-4,16-17H2,1-2H3,(H,22,24). The summed E-state index contributed by atoms with van der Waals surface area (Å²) in [7, 11) is 0. The van der Waals surface area contributed by atoms with Gasteiger partial charge in [0, 0.05) is 29.8 Å². The summed E-state index contributed by atoms with van der Waals surface area (Å²) in [6, 6.07) is 17.3. The molecule has 2 aromatic carbocycles. The van der Waals surface area contributed by atoms with Gasteiger partial charge in [0.05, 0.1) is 0 Å². The molecule has 0 aliphatic heterocycles. The predicted molar refractivity (Wildman–Crippen MR) is 99.0 cm³/mol. The van der Waals surface area contributed by atoms with Gasteiger partial charge < -0.3 is 10.2 Å². The number of benzene rings is 2. The van der Waals surface area contributed by atoms with Gasteiger partial charge in [-0.1, -0.05) is 43.9 Å². The summed E-state index contributed by atoms with van der Waals surface area (Å²) in [4.78, 5) is 14.4. The van der Waals surface area contributed by atoms with E-state index in [1.165, 1.54) is 0 Å². The molecule has 0 heterocycles. The Kier molecular flexibility index (Phi) is 7.07. The first-order chi connectivity index (χ1) is 11.7. The average molecular weight is 320 g/mol. The maximum absolute atomic E-state index is 12.1. The summed E-state index contributed by atoms with van der Waals surface area (Å²) < 4.78 is 0. The highest BCUT2D eigenvalue weighted by Crippen LogP contribution is 2.04. The van der Waals surface area contributed by atoms with E-state index in [1.54, 1.807) is 0 Å². The van der Waals surface area contributed by atoms with Gasteiger partial charge in [0.2, 0.25) is 0 Å². The van der Waals surface area contributed by atoms with Gasteiger partial charge >= 0.3 is 0 Å². The Balaban J connectivity index is 1.89. The lowest BCUT2D eigenvalue weighted by atomic mass is 10.1. The van der Waals surface area contributed by atoms with Gasteiger partial charge in [0.1, 0.15) is 0 Å². The Labute approximate surface area is 144 Å². The Hall–Kier alpha value is -2.57. The van der Waals surface area contributed by atoms with E-state index in [0.717, 1.165) is 30.8 Å². The molecule has 0 unspecified atom stereocenters. The molecule has 3 nitrogen and oxygen atoms in total. The molecule has 0 saturated heterocycles. The van der Waals surface area contributed by atoms with Gasteiger partial charge in [0.15, 0.2) is 0 Å². The summed E-state index contributed by atoms with van der Waals surface area (Å²) in [5.41, 5.74) is 2.55. The molecular formula is C21H24N2O. The highest BCUT2D eigenvalue weighted by Gasteiger charge is 2.05. The van der Waals surface area contributed by atoms with Crippen molar-refractivity contribution in [2.75, 3.05) is 26.2 Å². The Bertz CT molecular complexity index is 692. The first-order valence-corrected chi connectivity index (χ1v) is 8.40. The fourth-order valence-corrected chi connectivity index (χ4v) is 2.34. The van der Waals surface area contributed by atoms with Crippen LogP contribution in [-0.2, 0) is 0 Å². The number of hydrogen-bond acceptors (Lipinski definition) is 2. The highest BCUT2D eigenvalue weighted by atomic mass is 16.1. The molecule has 0 fully saturated rings. The molecule has 24 heavy (non-hydrogen) atoms. The van der Waals surface area contributed by atoms with Crippen molar-refractivity contribution >= 4 is 5.91 Å². The molecule has 0 spiro atoms. The van der Waals surface area contributed by atoms with Gasteiger partial charge in [-0.3, -0.25) is 4.79 Å². The van der Waals surface area contributed by atoms with Gasteiger partial charge in [-0.15, -0.1) is 0 Å². The van der Waals surface area contributed by atoms with Crippen LogP contribution in [0.15, 0.2) is 54.6 Å². The fraction of sp³-hybridized carbons (Fsp3) is 0.286. The van der Waals surface area contributed by atoms with Crippen LogP contribution in [-0.4, -0.2) is 37.0 Å². The molecule has 0 atom stereocenters. The van der Waals surface area contributed by atoms with Crippen LogP contribution < -0.4 is 5.32 Å². The highest BCUT2D eigenvalue weighted by molar-refractivity contribution is 5.94. The summed E-state index contributed by atoms with van der Waals surface area (Å²) in [6.45, 7) is 7.79. The zero-order chi connectivity index (χ0) is 17.2. The quantitative estimate of drug-likeness (QED) is 0.829. The van der Waals surface area contributed by atoms with Crippen molar-refractivity contribution in [3.8, 4) is 11.8 Å². The molecule has 1 N–H and O–H groups in total. The van der Waals surface area contributed by atoms with E-state index in [9.17, 15) is 4.79 Å². The molecular weight excluding hydrogens is 296 g/mol. The summed E-state index contributed by atoms with van der Waals surface area (Å²) >= 11 is 0. The lowest BCUT2D eigenvalue weighted by Crippen LogP contribution is -2.34. The molecule has 0 bridgehead atoms. The maximum atomic E-state index is 12.1. The first-order valence-electron chi connectivity index (χ1n) is 8.40. The second kappa shape index (κ2) is 9.54. The summed E-state index contributed by atoms with van der Waals surface area (Å²) in [6.07, 6.45) is 0. The largest absolute Gasteiger partial charge is 0.351 e. The molecule has 0 aliphatic carbocycles. The molecule has 2 rings (SSSR count). The Morgan fingerprint density at radius 1 is 0.917 bits per heavy atom. The zero-order valence-electron chi connectivity index (χ0n) is 14.4. The molecule has 0 radical (unpaired) electrons. The number of nitrogens with one attached hydrogen (secondary N) is 1. The molecule has 0 saturated carbocycles. The number of carbonyl (C=O) groups excluding carboxylic acids is 1. The third kappa shape index (κ3) is 5.57. The van der Waals surface area contributed by atoms with Crippen LogP contribution >= 0.6 is 0 Å². The van der Waals surface area contributed by atoms with Crippen molar-refractivity contribution < 1.29 is 4.79 Å². The van der Waals surface area contributed by atoms with Gasteiger partial charge in [-0.05, 0) is 49.5 Å². The second-order valence-electron chi connectivity index (χ2n) is 5.48. The first kappa shape index (κ1) is 17.8. The number of carbonyl (C=O) groups is 1. The number of nitrogens with zero attached hydrogens (tertiary/aromatic N) is 1. The molecule has 124 valence electrons. The van der Waals surface area contributed by atoms with Crippen LogP contribution in [0.4, 0.5) is 0 Å². The normalized spacial score (nSPS) is 10.1. The maximum Gasteiger partial charge on any atom is 0.251 e. The van der Waals surface area contributed by atoms with Crippen molar-refractivity contribution in [3.63, 3.8) is 0 Å². The van der Waals surface area contributed by atoms with Crippen molar-refractivity contribution in [1.82, 2.24) is 10.2 Å². The monoisotopic (exact) mass is 320 g/mol. The Morgan fingerprint density at radius 2 is 1.50 bits per heavy atom. The van der Waals surface area contributed by atoms with Crippen LogP contribution in [0, 0.1) is 11.8 Å². The smallest absolute Gasteiger partial charge is 0.251 e. The van der Waals surface area contributed by atoms with E-state index >= 15 is 0 Å². The topological polar surface area (TPSA) is 32.3 Å². The minimum absolute atomic E-state index is 0.0373. The number of rotatable bonds is 6. The van der Waals surface area contributed by atoms with E-state index in [-0.39, 0.29) is 5.91 Å². The SMILES string of the molecule is CCN(CC)CCNC(=O)c1ccc(C#Cc2ccccc2)cc1. The van der Waals surface area contributed by atoms with Crippen LogP contribution in [0.2, 0.25) is 0 Å². The van der Waals surface area contributed by atoms with Gasteiger partial charge in [-0.2, -0.15) is 0 Å². The van der Waals surface area contributed by atoms with Crippen molar-refractivity contribution in [2.45, 2.75) is 13.8 Å². The molecule has 0 aliphatic rings. The number of hydrogen-bond donors (Lipinski definition) is 1. The molecule has 2 aromatic rings. The van der Waals surface area contributed by atoms with Crippen molar-refractivity contribution in [2.24, 2.45) is 0 Å². The van der Waals surface area contributed by atoms with E-state index in [0.29, 0.717) is 12.1 Å². The minimum atomic E-state index is -0.0373. The zero-order valence-corrected chi connectivity index (χ0v) is 14.4. The third-order valence-corrected chi connectivity index (χ3v) is 3.88. The lowest BCUT2D eigenvalue weighted by Gasteiger charge is -2.17. The predicted octanol–water partition coefficient (Wildman–Crippen LogP) is 3.16. The van der Waals surface area contributed by atoms with Gasteiger partial charge in [-0.25, -0.2) is 0 Å². The number of likely N-dealkylation sites (N-methyl/N-ethyl adjacent to an activating group) is 1. The van der Waals surface area contributed by atoms with Crippen LogP contribution in [0.3, 0.4) is 0 Å². The van der Waals surface area contributed by atoms with Crippen LogP contribution in [0.1, 0.15) is 35.3 Å². The van der Waals surface area contributed by atoms with Crippen LogP contribution in [0.25, 0.3) is 0 Å². The van der Waals surface area contributed by atoms with E-state index in [1.807, 2.05) is 54.6 Å². The van der Waals surface area contributed by atoms with Gasteiger partial charge in [0.25, 0.3) is 5.91 Å². The fourth-order valence-electron chi connectivity index (χ4n) is 2.34. The number of amides is 1. The summed E-state index contributed by atoms with van der Waals surface area (Å²) in [5, 5.41) is 2.96.